The van der Waals surface area contributed by atoms with E-state index in [1.165, 1.54) is 64.2 Å². The van der Waals surface area contributed by atoms with E-state index in [1.54, 1.807) is 0 Å². The fourth-order valence-electron chi connectivity index (χ4n) is 2.52. The van der Waals surface area contributed by atoms with Crippen molar-refractivity contribution in [3.05, 3.63) is 0 Å². The lowest BCUT2D eigenvalue weighted by Gasteiger charge is -2.11. The third kappa shape index (κ3) is 7.38. The van der Waals surface area contributed by atoms with Gasteiger partial charge in [-0.1, -0.05) is 65.2 Å². The van der Waals surface area contributed by atoms with Crippen molar-refractivity contribution in [2.24, 2.45) is 0 Å². The SMILES string of the molecule is CCCCCCC[C@@H]1OC[C@@H](CCCCCC)O1. The van der Waals surface area contributed by atoms with Crippen molar-refractivity contribution in [2.75, 3.05) is 6.61 Å². The average molecular weight is 256 g/mol. The number of hydrogen-bond donors (Lipinski definition) is 0. The maximum Gasteiger partial charge on any atom is 0.158 e. The molecule has 1 rings (SSSR count). The van der Waals surface area contributed by atoms with Crippen molar-refractivity contribution < 1.29 is 9.47 Å². The molecule has 0 bridgehead atoms. The molecule has 1 saturated heterocycles. The van der Waals surface area contributed by atoms with Crippen molar-refractivity contribution in [1.29, 1.82) is 0 Å². The van der Waals surface area contributed by atoms with Gasteiger partial charge in [-0.15, -0.1) is 0 Å². The molecule has 1 aliphatic rings. The fourth-order valence-corrected chi connectivity index (χ4v) is 2.52. The van der Waals surface area contributed by atoms with Gasteiger partial charge in [-0.25, -0.2) is 0 Å². The molecule has 0 saturated carbocycles. The van der Waals surface area contributed by atoms with Gasteiger partial charge in [0, 0.05) is 0 Å². The van der Waals surface area contributed by atoms with Crippen molar-refractivity contribution >= 4 is 0 Å². The molecule has 1 aliphatic heterocycles. The van der Waals surface area contributed by atoms with E-state index in [1.807, 2.05) is 0 Å². The molecule has 2 nitrogen and oxygen atoms in total. The first-order valence-electron chi connectivity index (χ1n) is 8.13. The van der Waals surface area contributed by atoms with Gasteiger partial charge in [-0.2, -0.15) is 0 Å². The number of unbranched alkanes of at least 4 members (excludes halogenated alkanes) is 7. The van der Waals surface area contributed by atoms with Gasteiger partial charge >= 0.3 is 0 Å². The van der Waals surface area contributed by atoms with Crippen LogP contribution in [0, 0.1) is 0 Å². The van der Waals surface area contributed by atoms with Gasteiger partial charge in [0.05, 0.1) is 12.7 Å². The maximum atomic E-state index is 5.93. The van der Waals surface area contributed by atoms with E-state index >= 15 is 0 Å². The molecule has 18 heavy (non-hydrogen) atoms. The summed E-state index contributed by atoms with van der Waals surface area (Å²) in [5.74, 6) is 0. The van der Waals surface area contributed by atoms with E-state index in [2.05, 4.69) is 13.8 Å². The van der Waals surface area contributed by atoms with Gasteiger partial charge in [-0.3, -0.25) is 0 Å². The van der Waals surface area contributed by atoms with Gasteiger partial charge in [0.2, 0.25) is 0 Å². The first kappa shape index (κ1) is 16.0. The van der Waals surface area contributed by atoms with Gasteiger partial charge in [0.1, 0.15) is 0 Å². The molecule has 0 N–H and O–H groups in total. The van der Waals surface area contributed by atoms with Crippen molar-refractivity contribution in [3.63, 3.8) is 0 Å². The number of hydrogen-bond acceptors (Lipinski definition) is 2. The Hall–Kier alpha value is -0.0800. The summed E-state index contributed by atoms with van der Waals surface area (Å²) < 4.78 is 11.6. The molecule has 0 unspecified atom stereocenters. The lowest BCUT2D eigenvalue weighted by molar-refractivity contribution is -0.0643. The zero-order chi connectivity index (χ0) is 13.1. The average Bonchev–Trinajstić information content (AvgIpc) is 2.82. The van der Waals surface area contributed by atoms with Crippen molar-refractivity contribution in [3.8, 4) is 0 Å². The minimum Gasteiger partial charge on any atom is -0.350 e. The van der Waals surface area contributed by atoms with E-state index in [9.17, 15) is 0 Å². The molecule has 2 atom stereocenters. The second-order valence-corrected chi connectivity index (χ2v) is 5.57. The Morgan fingerprint density at radius 2 is 1.39 bits per heavy atom. The first-order valence-corrected chi connectivity index (χ1v) is 8.13. The number of ether oxygens (including phenoxy) is 2. The summed E-state index contributed by atoms with van der Waals surface area (Å²) in [7, 11) is 0. The third-order valence-electron chi connectivity index (χ3n) is 3.74. The molecule has 0 aromatic carbocycles. The largest absolute Gasteiger partial charge is 0.350 e. The van der Waals surface area contributed by atoms with Crippen LogP contribution in [0.5, 0.6) is 0 Å². The summed E-state index contributed by atoms with van der Waals surface area (Å²) >= 11 is 0. The maximum absolute atomic E-state index is 5.93. The Morgan fingerprint density at radius 1 is 0.778 bits per heavy atom. The molecule has 0 aliphatic carbocycles. The van der Waals surface area contributed by atoms with Crippen molar-refractivity contribution in [1.82, 2.24) is 0 Å². The molecule has 0 amide bonds. The van der Waals surface area contributed by atoms with Crippen LogP contribution in [-0.4, -0.2) is 19.0 Å². The van der Waals surface area contributed by atoms with Crippen LogP contribution in [0.1, 0.15) is 84.5 Å². The summed E-state index contributed by atoms with van der Waals surface area (Å²) in [6.07, 6.45) is 14.7. The number of rotatable bonds is 11. The molecule has 0 aromatic heterocycles. The highest BCUT2D eigenvalue weighted by atomic mass is 16.7. The van der Waals surface area contributed by atoms with E-state index in [0.29, 0.717) is 6.10 Å². The quantitative estimate of drug-likeness (QED) is 0.481. The highest BCUT2D eigenvalue weighted by Gasteiger charge is 2.24. The van der Waals surface area contributed by atoms with Crippen LogP contribution < -0.4 is 0 Å². The van der Waals surface area contributed by atoms with E-state index in [4.69, 9.17) is 9.47 Å². The van der Waals surface area contributed by atoms with Crippen LogP contribution in [0.2, 0.25) is 0 Å². The second-order valence-electron chi connectivity index (χ2n) is 5.57. The Kier molecular flexibility index (Phi) is 9.59. The van der Waals surface area contributed by atoms with Crippen LogP contribution in [-0.2, 0) is 9.47 Å². The minimum absolute atomic E-state index is 0.0998. The summed E-state index contributed by atoms with van der Waals surface area (Å²) in [5, 5.41) is 0. The lowest BCUT2D eigenvalue weighted by atomic mass is 10.1. The Balaban J connectivity index is 1.92. The minimum atomic E-state index is 0.0998. The molecule has 1 fully saturated rings. The predicted octanol–water partition coefficient (Wildman–Crippen LogP) is 5.06. The normalized spacial score (nSPS) is 23.7. The second kappa shape index (κ2) is 10.8. The summed E-state index contributed by atoms with van der Waals surface area (Å²) in [4.78, 5) is 0. The molecule has 1 heterocycles. The van der Waals surface area contributed by atoms with E-state index in [0.717, 1.165) is 13.0 Å². The Bertz CT molecular complexity index is 182. The Labute approximate surface area is 113 Å². The Morgan fingerprint density at radius 3 is 2.11 bits per heavy atom. The molecule has 108 valence electrons. The zero-order valence-electron chi connectivity index (χ0n) is 12.5. The molecular weight excluding hydrogens is 224 g/mol. The fraction of sp³-hybridized carbons (Fsp3) is 1.00. The zero-order valence-corrected chi connectivity index (χ0v) is 12.5. The van der Waals surface area contributed by atoms with Gasteiger partial charge < -0.3 is 9.47 Å². The van der Waals surface area contributed by atoms with Crippen LogP contribution in [0.25, 0.3) is 0 Å². The van der Waals surface area contributed by atoms with Crippen molar-refractivity contribution in [2.45, 2.75) is 96.9 Å². The van der Waals surface area contributed by atoms with E-state index < -0.39 is 0 Å². The molecule has 0 spiro atoms. The first-order chi connectivity index (χ1) is 8.86. The van der Waals surface area contributed by atoms with Gasteiger partial charge in [0.25, 0.3) is 0 Å². The molecular formula is C16H32O2. The van der Waals surface area contributed by atoms with Crippen LogP contribution in [0.15, 0.2) is 0 Å². The molecule has 0 radical (unpaired) electrons. The highest BCUT2D eigenvalue weighted by molar-refractivity contribution is 4.66. The molecule has 2 heteroatoms. The van der Waals surface area contributed by atoms with Crippen LogP contribution in [0.3, 0.4) is 0 Å². The summed E-state index contributed by atoms with van der Waals surface area (Å²) in [6.45, 7) is 5.34. The van der Waals surface area contributed by atoms with E-state index in [-0.39, 0.29) is 6.29 Å². The third-order valence-corrected chi connectivity index (χ3v) is 3.74. The highest BCUT2D eigenvalue weighted by Crippen LogP contribution is 2.21. The van der Waals surface area contributed by atoms with Gasteiger partial charge in [0.15, 0.2) is 6.29 Å². The predicted molar refractivity (Wildman–Crippen MR) is 76.7 cm³/mol. The van der Waals surface area contributed by atoms with Gasteiger partial charge in [-0.05, 0) is 19.3 Å². The van der Waals surface area contributed by atoms with Crippen LogP contribution >= 0.6 is 0 Å². The topological polar surface area (TPSA) is 18.5 Å². The standard InChI is InChI=1S/C16H32O2/c1-3-5-7-9-11-13-16-17-14-15(18-16)12-10-8-6-4-2/h15-16H,3-14H2,1-2H3/t15-,16-/m1/s1. The summed E-state index contributed by atoms with van der Waals surface area (Å²) in [6, 6.07) is 0. The van der Waals surface area contributed by atoms with Crippen LogP contribution in [0.4, 0.5) is 0 Å². The lowest BCUT2D eigenvalue weighted by Crippen LogP contribution is -2.12. The smallest absolute Gasteiger partial charge is 0.158 e. The monoisotopic (exact) mass is 256 g/mol. The molecule has 0 aromatic rings. The summed E-state index contributed by atoms with van der Waals surface area (Å²) in [5.41, 5.74) is 0.